The van der Waals surface area contributed by atoms with E-state index in [2.05, 4.69) is 39.2 Å². The van der Waals surface area contributed by atoms with Gasteiger partial charge in [-0.1, -0.05) is 66.7 Å². The van der Waals surface area contributed by atoms with Gasteiger partial charge in [0.25, 0.3) is 0 Å². The summed E-state index contributed by atoms with van der Waals surface area (Å²) < 4.78 is 41.8. The summed E-state index contributed by atoms with van der Waals surface area (Å²) in [5.41, 5.74) is 1.44. The predicted octanol–water partition coefficient (Wildman–Crippen LogP) is 7.30. The highest BCUT2D eigenvalue weighted by molar-refractivity contribution is 5.93. The highest BCUT2D eigenvalue weighted by Crippen LogP contribution is 2.46. The molecule has 2 aliphatic heterocycles. The second-order valence-electron chi connectivity index (χ2n) is 11.4. The summed E-state index contributed by atoms with van der Waals surface area (Å²) in [6.45, 7) is 17.9. The zero-order chi connectivity index (χ0) is 27.9. The van der Waals surface area contributed by atoms with Gasteiger partial charge in [-0.25, -0.2) is 18.2 Å². The summed E-state index contributed by atoms with van der Waals surface area (Å²) in [7, 11) is 0. The second kappa shape index (κ2) is 10.6. The van der Waals surface area contributed by atoms with E-state index in [1.807, 2.05) is 18.7 Å². The highest BCUT2D eigenvalue weighted by atomic mass is 19.2. The maximum atomic E-state index is 14.2. The number of carbonyl (C=O) groups is 1. The van der Waals surface area contributed by atoms with Crippen LogP contribution in [0, 0.1) is 40.6 Å². The molecule has 5 unspecified atom stereocenters. The molecule has 0 bridgehead atoms. The Morgan fingerprint density at radius 2 is 1.74 bits per heavy atom. The van der Waals surface area contributed by atoms with Crippen LogP contribution >= 0.6 is 0 Å². The number of rotatable bonds is 5. The smallest absolute Gasteiger partial charge is 0.229 e. The van der Waals surface area contributed by atoms with Crippen molar-refractivity contribution in [1.82, 2.24) is 9.80 Å². The van der Waals surface area contributed by atoms with Gasteiger partial charge in [0.15, 0.2) is 11.6 Å². The number of piperidine rings is 1. The molecule has 0 spiro atoms. The van der Waals surface area contributed by atoms with E-state index in [1.54, 1.807) is 12.1 Å². The standard InChI is InChI=1S/C31H38F3N3O/c1-8-18(2)27(22-9-11-23(32)12-10-22)29(35-24-13-14-25(33)26(34)17-24)36-15-16-37-28(21(36)5)19(3)20(4)31(6,7)30(37)38/h9-14,17-20,27-28H,5,8,15-16H2,1-4,6-7H3. The van der Waals surface area contributed by atoms with Crippen molar-refractivity contribution in [2.45, 2.75) is 59.9 Å². The van der Waals surface area contributed by atoms with Gasteiger partial charge in [-0.05, 0) is 47.6 Å². The van der Waals surface area contributed by atoms with Crippen LogP contribution in [0.5, 0.6) is 0 Å². The van der Waals surface area contributed by atoms with Gasteiger partial charge in [-0.2, -0.15) is 0 Å². The van der Waals surface area contributed by atoms with Crippen LogP contribution in [0.25, 0.3) is 0 Å². The molecule has 0 N–H and O–H groups in total. The molecular weight excluding hydrogens is 487 g/mol. The molecule has 2 heterocycles. The van der Waals surface area contributed by atoms with Crippen LogP contribution in [0.2, 0.25) is 0 Å². The van der Waals surface area contributed by atoms with Crippen molar-refractivity contribution in [3.8, 4) is 0 Å². The first-order chi connectivity index (χ1) is 17.9. The highest BCUT2D eigenvalue weighted by Gasteiger charge is 2.52. The number of halogens is 3. The predicted molar refractivity (Wildman–Crippen MR) is 146 cm³/mol. The molecule has 7 heteroatoms. The van der Waals surface area contributed by atoms with Crippen molar-refractivity contribution in [2.24, 2.45) is 28.2 Å². The van der Waals surface area contributed by atoms with Crippen LogP contribution in [0.3, 0.4) is 0 Å². The normalized spacial score (nSPS) is 25.3. The van der Waals surface area contributed by atoms with E-state index in [0.717, 1.165) is 29.8 Å². The number of amides is 1. The van der Waals surface area contributed by atoms with Crippen LogP contribution in [0.15, 0.2) is 59.7 Å². The number of hydrogen-bond donors (Lipinski definition) is 0. The minimum absolute atomic E-state index is 0.0959. The molecule has 0 aliphatic carbocycles. The molecule has 0 aromatic heterocycles. The van der Waals surface area contributed by atoms with Gasteiger partial charge in [0.1, 0.15) is 11.7 Å². The molecule has 2 aliphatic rings. The van der Waals surface area contributed by atoms with Crippen molar-refractivity contribution >= 4 is 17.4 Å². The van der Waals surface area contributed by atoms with E-state index >= 15 is 0 Å². The number of fused-ring (bicyclic) bond motifs is 1. The van der Waals surface area contributed by atoms with E-state index in [1.165, 1.54) is 18.2 Å². The number of aliphatic imine (C=N–C) groups is 1. The van der Waals surface area contributed by atoms with Crippen molar-refractivity contribution in [3.63, 3.8) is 0 Å². The third kappa shape index (κ3) is 4.87. The number of hydrogen-bond acceptors (Lipinski definition) is 2. The van der Waals surface area contributed by atoms with Gasteiger partial charge in [0.2, 0.25) is 5.91 Å². The van der Waals surface area contributed by atoms with Crippen LogP contribution in [0.1, 0.15) is 59.4 Å². The number of benzene rings is 2. The topological polar surface area (TPSA) is 35.9 Å². The largest absolute Gasteiger partial charge is 0.332 e. The first-order valence-electron chi connectivity index (χ1n) is 13.4. The lowest BCUT2D eigenvalue weighted by molar-refractivity contribution is -0.157. The van der Waals surface area contributed by atoms with E-state index < -0.39 is 17.0 Å². The molecule has 0 radical (unpaired) electrons. The first-order valence-corrected chi connectivity index (χ1v) is 13.4. The molecule has 38 heavy (non-hydrogen) atoms. The van der Waals surface area contributed by atoms with E-state index in [9.17, 15) is 18.0 Å². The quantitative estimate of drug-likeness (QED) is 0.303. The Balaban J connectivity index is 1.85. The summed E-state index contributed by atoms with van der Waals surface area (Å²) >= 11 is 0. The first kappa shape index (κ1) is 27.9. The lowest BCUT2D eigenvalue weighted by Crippen LogP contribution is -2.65. The van der Waals surface area contributed by atoms with E-state index in [0.29, 0.717) is 18.9 Å². The average Bonchev–Trinajstić information content (AvgIpc) is 2.89. The second-order valence-corrected chi connectivity index (χ2v) is 11.4. The minimum atomic E-state index is -0.973. The lowest BCUT2D eigenvalue weighted by Gasteiger charge is -2.56. The Morgan fingerprint density at radius 3 is 2.34 bits per heavy atom. The molecule has 4 nitrogen and oxygen atoms in total. The van der Waals surface area contributed by atoms with Gasteiger partial charge in [0.05, 0.1) is 11.7 Å². The molecule has 2 aromatic carbocycles. The zero-order valence-corrected chi connectivity index (χ0v) is 23.1. The number of carbonyl (C=O) groups excluding carboxylic acids is 1. The van der Waals surface area contributed by atoms with Crippen LogP contribution < -0.4 is 0 Å². The van der Waals surface area contributed by atoms with Crippen LogP contribution in [0.4, 0.5) is 18.9 Å². The summed E-state index contributed by atoms with van der Waals surface area (Å²) in [4.78, 5) is 22.4. The third-order valence-electron chi connectivity index (χ3n) is 8.97. The van der Waals surface area contributed by atoms with E-state index in [4.69, 9.17) is 4.99 Å². The molecule has 204 valence electrons. The average molecular weight is 526 g/mol. The van der Waals surface area contributed by atoms with Crippen LogP contribution in [-0.4, -0.2) is 40.7 Å². The fraction of sp³-hybridized carbons (Fsp3) is 0.484. The fourth-order valence-corrected chi connectivity index (χ4v) is 6.02. The molecule has 0 saturated carbocycles. The molecule has 2 fully saturated rings. The Kier molecular flexibility index (Phi) is 7.78. The zero-order valence-electron chi connectivity index (χ0n) is 23.1. The van der Waals surface area contributed by atoms with Crippen LogP contribution in [-0.2, 0) is 4.79 Å². The number of amidine groups is 1. The Bertz CT molecular complexity index is 1240. The Labute approximate surface area is 224 Å². The SMILES string of the molecule is C=C1C2C(C)C(C)C(C)(C)C(=O)N2CCN1C(=Nc1ccc(F)c(F)c1)C(c1ccc(F)cc1)C(C)CC. The molecule has 5 atom stereocenters. The number of nitrogens with zero attached hydrogens (tertiary/aromatic N) is 3. The molecule has 2 saturated heterocycles. The van der Waals surface area contributed by atoms with Crippen molar-refractivity contribution in [2.75, 3.05) is 13.1 Å². The van der Waals surface area contributed by atoms with Crippen molar-refractivity contribution < 1.29 is 18.0 Å². The molecular formula is C31H38F3N3O. The van der Waals surface area contributed by atoms with Gasteiger partial charge in [-0.3, -0.25) is 4.79 Å². The molecule has 1 amide bonds. The number of piperazine rings is 1. The van der Waals surface area contributed by atoms with Gasteiger partial charge >= 0.3 is 0 Å². The lowest BCUT2D eigenvalue weighted by atomic mass is 9.65. The molecule has 2 aromatic rings. The maximum Gasteiger partial charge on any atom is 0.229 e. The monoisotopic (exact) mass is 525 g/mol. The van der Waals surface area contributed by atoms with Crippen molar-refractivity contribution in [3.05, 3.63) is 77.8 Å². The van der Waals surface area contributed by atoms with Gasteiger partial charge in [0, 0.05) is 36.2 Å². The summed E-state index contributed by atoms with van der Waals surface area (Å²) in [6, 6.07) is 9.76. The Hall–Kier alpha value is -3.09. The van der Waals surface area contributed by atoms with E-state index in [-0.39, 0.29) is 47.1 Å². The van der Waals surface area contributed by atoms with Gasteiger partial charge < -0.3 is 9.80 Å². The molecule has 4 rings (SSSR count). The van der Waals surface area contributed by atoms with Crippen molar-refractivity contribution in [1.29, 1.82) is 0 Å². The summed E-state index contributed by atoms with van der Waals surface area (Å²) in [5, 5.41) is 0. The summed E-state index contributed by atoms with van der Waals surface area (Å²) in [6.07, 6.45) is 0.814. The fourth-order valence-electron chi connectivity index (χ4n) is 6.02. The Morgan fingerprint density at radius 1 is 1.08 bits per heavy atom. The van der Waals surface area contributed by atoms with Gasteiger partial charge in [-0.15, -0.1) is 0 Å². The summed E-state index contributed by atoms with van der Waals surface area (Å²) in [5.74, 6) is -1.38. The minimum Gasteiger partial charge on any atom is -0.332 e. The maximum absolute atomic E-state index is 14.2. The third-order valence-corrected chi connectivity index (χ3v) is 8.97.